The number of amides is 1. The molecule has 136 valence electrons. The lowest BCUT2D eigenvalue weighted by Crippen LogP contribution is -2.26. The van der Waals surface area contributed by atoms with Crippen molar-refractivity contribution in [1.82, 2.24) is 10.0 Å². The van der Waals surface area contributed by atoms with Crippen LogP contribution in [0.2, 0.25) is 0 Å². The van der Waals surface area contributed by atoms with Crippen LogP contribution in [0.15, 0.2) is 74.8 Å². The van der Waals surface area contributed by atoms with Gasteiger partial charge in [-0.2, -0.15) is 0 Å². The Balaban J connectivity index is 1.64. The third-order valence-electron chi connectivity index (χ3n) is 3.76. The second kappa shape index (κ2) is 7.59. The van der Waals surface area contributed by atoms with Crippen molar-refractivity contribution in [3.8, 4) is 0 Å². The first-order valence-corrected chi connectivity index (χ1v) is 9.40. The summed E-state index contributed by atoms with van der Waals surface area (Å²) in [6, 6.07) is 12.3. The number of furan rings is 2. The molecule has 2 aromatic heterocycles. The standard InChI is InChI=1S/C18H18N2O5S/c1-13(17-5-3-11-25-17)20-18(21)14-6-8-16(9-7-14)26(22,23)19-12-15-4-2-10-24-15/h2-11,13,19H,12H2,1H3,(H,20,21)/t13-/m0/s1. The van der Waals surface area contributed by atoms with Crippen LogP contribution < -0.4 is 10.0 Å². The summed E-state index contributed by atoms with van der Waals surface area (Å²) in [5.74, 6) is 0.831. The molecule has 26 heavy (non-hydrogen) atoms. The zero-order valence-electron chi connectivity index (χ0n) is 14.0. The summed E-state index contributed by atoms with van der Waals surface area (Å²) in [5.41, 5.74) is 0.355. The van der Waals surface area contributed by atoms with E-state index in [2.05, 4.69) is 10.0 Å². The molecule has 0 saturated carbocycles. The van der Waals surface area contributed by atoms with Crippen LogP contribution in [-0.2, 0) is 16.6 Å². The highest BCUT2D eigenvalue weighted by molar-refractivity contribution is 7.89. The van der Waals surface area contributed by atoms with Crippen LogP contribution in [-0.4, -0.2) is 14.3 Å². The third kappa shape index (κ3) is 4.22. The first-order valence-electron chi connectivity index (χ1n) is 7.92. The minimum atomic E-state index is -3.69. The Bertz CT molecular complexity index is 946. The number of carbonyl (C=O) groups is 1. The summed E-state index contributed by atoms with van der Waals surface area (Å²) >= 11 is 0. The molecule has 1 atom stereocenters. The zero-order valence-corrected chi connectivity index (χ0v) is 14.8. The van der Waals surface area contributed by atoms with E-state index >= 15 is 0 Å². The van der Waals surface area contributed by atoms with E-state index in [1.165, 1.54) is 36.8 Å². The first-order chi connectivity index (χ1) is 12.5. The van der Waals surface area contributed by atoms with E-state index in [9.17, 15) is 13.2 Å². The van der Waals surface area contributed by atoms with Gasteiger partial charge in [-0.15, -0.1) is 0 Å². The van der Waals surface area contributed by atoms with Crippen LogP contribution in [0.5, 0.6) is 0 Å². The van der Waals surface area contributed by atoms with Gasteiger partial charge in [0.15, 0.2) is 0 Å². The van der Waals surface area contributed by atoms with Gasteiger partial charge < -0.3 is 14.2 Å². The predicted octanol–water partition coefficient (Wildman–Crippen LogP) is 2.84. The Morgan fingerprint density at radius 2 is 1.73 bits per heavy atom. The average Bonchev–Trinajstić information content (AvgIpc) is 3.34. The Morgan fingerprint density at radius 3 is 2.35 bits per heavy atom. The van der Waals surface area contributed by atoms with Gasteiger partial charge >= 0.3 is 0 Å². The monoisotopic (exact) mass is 374 g/mol. The Labute approximate surface area is 151 Å². The van der Waals surface area contributed by atoms with Crippen molar-refractivity contribution in [3.63, 3.8) is 0 Å². The van der Waals surface area contributed by atoms with E-state index in [1.807, 2.05) is 0 Å². The fourth-order valence-electron chi connectivity index (χ4n) is 2.34. The molecule has 2 heterocycles. The van der Waals surface area contributed by atoms with Crippen molar-refractivity contribution in [2.24, 2.45) is 0 Å². The quantitative estimate of drug-likeness (QED) is 0.662. The number of nitrogens with one attached hydrogen (secondary N) is 2. The van der Waals surface area contributed by atoms with Crippen LogP contribution in [0.3, 0.4) is 0 Å². The van der Waals surface area contributed by atoms with Gasteiger partial charge in [-0.25, -0.2) is 13.1 Å². The highest BCUT2D eigenvalue weighted by Gasteiger charge is 2.17. The summed E-state index contributed by atoms with van der Waals surface area (Å²) in [7, 11) is -3.69. The van der Waals surface area contributed by atoms with Crippen molar-refractivity contribution >= 4 is 15.9 Å². The Morgan fingerprint density at radius 1 is 1.04 bits per heavy atom. The number of carbonyl (C=O) groups excluding carboxylic acids is 1. The number of hydrogen-bond donors (Lipinski definition) is 2. The van der Waals surface area contributed by atoms with Crippen molar-refractivity contribution in [2.45, 2.75) is 24.4 Å². The largest absolute Gasteiger partial charge is 0.468 e. The molecule has 0 saturated heterocycles. The highest BCUT2D eigenvalue weighted by Crippen LogP contribution is 2.15. The van der Waals surface area contributed by atoms with Crippen molar-refractivity contribution < 1.29 is 22.0 Å². The van der Waals surface area contributed by atoms with Crippen LogP contribution in [0.25, 0.3) is 0 Å². The third-order valence-corrected chi connectivity index (χ3v) is 5.18. The van der Waals surface area contributed by atoms with Gasteiger partial charge in [0.05, 0.1) is 30.0 Å². The first kappa shape index (κ1) is 18.0. The molecule has 3 rings (SSSR count). The number of benzene rings is 1. The number of rotatable bonds is 7. The van der Waals surface area contributed by atoms with Crippen molar-refractivity contribution in [3.05, 3.63) is 78.1 Å². The van der Waals surface area contributed by atoms with Gasteiger partial charge in [0.25, 0.3) is 5.91 Å². The molecule has 2 N–H and O–H groups in total. The molecule has 3 aromatic rings. The summed E-state index contributed by atoms with van der Waals surface area (Å²) in [6.45, 7) is 1.85. The fraction of sp³-hybridized carbons (Fsp3) is 0.167. The predicted molar refractivity (Wildman–Crippen MR) is 93.8 cm³/mol. The summed E-state index contributed by atoms with van der Waals surface area (Å²) in [5, 5.41) is 2.79. The van der Waals surface area contributed by atoms with Crippen LogP contribution >= 0.6 is 0 Å². The number of sulfonamides is 1. The highest BCUT2D eigenvalue weighted by atomic mass is 32.2. The average molecular weight is 374 g/mol. The molecule has 0 aliphatic carbocycles. The lowest BCUT2D eigenvalue weighted by atomic mass is 10.2. The van der Waals surface area contributed by atoms with E-state index in [0.717, 1.165) is 0 Å². The molecule has 7 nitrogen and oxygen atoms in total. The SMILES string of the molecule is C[C@H](NC(=O)c1ccc(S(=O)(=O)NCc2ccco2)cc1)c1ccco1. The molecule has 1 amide bonds. The lowest BCUT2D eigenvalue weighted by Gasteiger charge is -2.12. The van der Waals surface area contributed by atoms with E-state index in [0.29, 0.717) is 17.1 Å². The summed E-state index contributed by atoms with van der Waals surface area (Å²) in [4.78, 5) is 12.3. The molecule has 0 radical (unpaired) electrons. The minimum absolute atomic E-state index is 0.0538. The molecule has 8 heteroatoms. The maximum absolute atomic E-state index is 12.3. The molecule has 0 aliphatic rings. The molecule has 1 aromatic carbocycles. The lowest BCUT2D eigenvalue weighted by molar-refractivity contribution is 0.0935. The van der Waals surface area contributed by atoms with Gasteiger partial charge in [-0.1, -0.05) is 0 Å². The normalized spacial score (nSPS) is 12.7. The van der Waals surface area contributed by atoms with Gasteiger partial charge in [0.1, 0.15) is 11.5 Å². The molecule has 0 aliphatic heterocycles. The topological polar surface area (TPSA) is 102 Å². The second-order valence-electron chi connectivity index (χ2n) is 5.64. The van der Waals surface area contributed by atoms with E-state index in [4.69, 9.17) is 8.83 Å². The molecule has 0 fully saturated rings. The maximum Gasteiger partial charge on any atom is 0.251 e. The maximum atomic E-state index is 12.3. The Kier molecular flexibility index (Phi) is 5.24. The molecule has 0 spiro atoms. The minimum Gasteiger partial charge on any atom is -0.468 e. The summed E-state index contributed by atoms with van der Waals surface area (Å²) < 4.78 is 37.3. The van der Waals surface area contributed by atoms with Crippen LogP contribution in [0, 0.1) is 0 Å². The molecular formula is C18H18N2O5S. The van der Waals surface area contributed by atoms with Crippen molar-refractivity contribution in [1.29, 1.82) is 0 Å². The molecule has 0 unspecified atom stereocenters. The smallest absolute Gasteiger partial charge is 0.251 e. The van der Waals surface area contributed by atoms with Gasteiger partial charge in [0.2, 0.25) is 10.0 Å². The van der Waals surface area contributed by atoms with Crippen LogP contribution in [0.1, 0.15) is 34.8 Å². The fourth-order valence-corrected chi connectivity index (χ4v) is 3.33. The Hall–Kier alpha value is -2.84. The van der Waals surface area contributed by atoms with Gasteiger partial charge in [-0.3, -0.25) is 4.79 Å². The van der Waals surface area contributed by atoms with E-state index in [-0.39, 0.29) is 23.4 Å². The van der Waals surface area contributed by atoms with Gasteiger partial charge in [0, 0.05) is 5.56 Å². The van der Waals surface area contributed by atoms with E-state index < -0.39 is 10.0 Å². The zero-order chi connectivity index (χ0) is 18.6. The summed E-state index contributed by atoms with van der Waals surface area (Å²) in [6.07, 6.45) is 3.01. The second-order valence-corrected chi connectivity index (χ2v) is 7.41. The van der Waals surface area contributed by atoms with Gasteiger partial charge in [-0.05, 0) is 55.5 Å². The van der Waals surface area contributed by atoms with E-state index in [1.54, 1.807) is 31.2 Å². The van der Waals surface area contributed by atoms with Crippen molar-refractivity contribution in [2.75, 3.05) is 0 Å². The van der Waals surface area contributed by atoms with Crippen LogP contribution in [0.4, 0.5) is 0 Å². The molecule has 0 bridgehead atoms. The number of hydrogen-bond acceptors (Lipinski definition) is 5. The molecular weight excluding hydrogens is 356 g/mol.